The number of hydrogen-bond acceptors (Lipinski definition) is 6. The van der Waals surface area contributed by atoms with Crippen molar-refractivity contribution in [2.45, 2.75) is 17.1 Å². The van der Waals surface area contributed by atoms with Gasteiger partial charge in [0.2, 0.25) is 0 Å². The number of carboxylic acids is 1. The number of thiophene rings is 1. The molecule has 1 saturated heterocycles. The van der Waals surface area contributed by atoms with Crippen LogP contribution in [0.2, 0.25) is 5.02 Å². The summed E-state index contributed by atoms with van der Waals surface area (Å²) in [6, 6.07) is 16.5. The number of carboxylic acid groups (broad SMARTS) is 1. The first-order valence-corrected chi connectivity index (χ1v) is 13.8. The number of hydrogen-bond donors (Lipinski definition) is 1. The molecular weight excluding hydrogens is 508 g/mol. The van der Waals surface area contributed by atoms with E-state index in [1.54, 1.807) is 24.3 Å². The van der Waals surface area contributed by atoms with Crippen molar-refractivity contribution >= 4 is 55.5 Å². The van der Waals surface area contributed by atoms with Gasteiger partial charge in [0.25, 0.3) is 10.0 Å². The fourth-order valence-electron chi connectivity index (χ4n) is 4.25. The summed E-state index contributed by atoms with van der Waals surface area (Å²) in [5.41, 5.74) is 3.16. The number of benzene rings is 2. The number of aryl methyl sites for hydroxylation is 1. The molecule has 0 aliphatic carbocycles. The Morgan fingerprint density at radius 1 is 1.06 bits per heavy atom. The highest BCUT2D eigenvalue weighted by Crippen LogP contribution is 2.35. The minimum Gasteiger partial charge on any atom is -0.481 e. The van der Waals surface area contributed by atoms with E-state index < -0.39 is 16.0 Å². The van der Waals surface area contributed by atoms with Crippen LogP contribution in [0.15, 0.2) is 65.0 Å². The summed E-state index contributed by atoms with van der Waals surface area (Å²) < 4.78 is 34.0. The van der Waals surface area contributed by atoms with Crippen molar-refractivity contribution in [1.82, 2.24) is 3.97 Å². The Morgan fingerprint density at radius 3 is 2.51 bits per heavy atom. The number of morpholine rings is 1. The minimum atomic E-state index is -3.89. The molecule has 2 aromatic carbocycles. The summed E-state index contributed by atoms with van der Waals surface area (Å²) in [6.07, 6.45) is 1.62. The van der Waals surface area contributed by atoms with Crippen molar-refractivity contribution in [3.63, 3.8) is 0 Å². The molecule has 1 N–H and O–H groups in total. The Kier molecular flexibility index (Phi) is 6.59. The molecule has 0 radical (unpaired) electrons. The first-order chi connectivity index (χ1) is 16.8. The van der Waals surface area contributed by atoms with Crippen LogP contribution in [0.5, 0.6) is 0 Å². The molecule has 10 heteroatoms. The summed E-state index contributed by atoms with van der Waals surface area (Å²) >= 11 is 7.35. The molecule has 0 atom stereocenters. The molecule has 4 aromatic rings. The van der Waals surface area contributed by atoms with Gasteiger partial charge in [0.05, 0.1) is 18.7 Å². The van der Waals surface area contributed by atoms with E-state index in [0.29, 0.717) is 34.7 Å². The predicted octanol–water partition coefficient (Wildman–Crippen LogP) is 5.11. The maximum atomic E-state index is 13.6. The maximum Gasteiger partial charge on any atom is 0.303 e. The Bertz CT molecular complexity index is 1490. The lowest BCUT2D eigenvalue weighted by molar-refractivity contribution is -0.136. The van der Waals surface area contributed by atoms with Crippen LogP contribution in [0.25, 0.3) is 21.3 Å². The lowest BCUT2D eigenvalue weighted by Gasteiger charge is -2.28. The predicted molar refractivity (Wildman–Crippen MR) is 138 cm³/mol. The zero-order valence-corrected chi connectivity index (χ0v) is 21.1. The number of anilines is 1. The second-order valence-electron chi connectivity index (χ2n) is 8.28. The highest BCUT2D eigenvalue weighted by Gasteiger charge is 2.24. The van der Waals surface area contributed by atoms with Gasteiger partial charge >= 0.3 is 5.97 Å². The van der Waals surface area contributed by atoms with E-state index in [1.807, 2.05) is 30.3 Å². The van der Waals surface area contributed by atoms with Crippen LogP contribution in [-0.2, 0) is 26.0 Å². The molecule has 0 spiro atoms. The van der Waals surface area contributed by atoms with E-state index in [1.165, 1.54) is 21.5 Å². The summed E-state index contributed by atoms with van der Waals surface area (Å²) in [4.78, 5) is 14.2. The van der Waals surface area contributed by atoms with Gasteiger partial charge in [0.15, 0.2) is 0 Å². The van der Waals surface area contributed by atoms with Gasteiger partial charge in [-0.25, -0.2) is 3.97 Å². The van der Waals surface area contributed by atoms with Crippen LogP contribution in [-0.4, -0.2) is 49.8 Å². The monoisotopic (exact) mass is 530 g/mol. The first-order valence-electron chi connectivity index (χ1n) is 11.1. The first kappa shape index (κ1) is 23.9. The highest BCUT2D eigenvalue weighted by atomic mass is 35.5. The number of rotatable bonds is 7. The van der Waals surface area contributed by atoms with E-state index in [2.05, 4.69) is 4.90 Å². The lowest BCUT2D eigenvalue weighted by Crippen LogP contribution is -2.36. The average molecular weight is 531 g/mol. The van der Waals surface area contributed by atoms with Crippen molar-refractivity contribution in [2.75, 3.05) is 31.2 Å². The second-order valence-corrected chi connectivity index (χ2v) is 11.8. The van der Waals surface area contributed by atoms with Gasteiger partial charge in [-0.2, -0.15) is 8.42 Å². The van der Waals surface area contributed by atoms with Crippen LogP contribution in [0.3, 0.4) is 0 Å². The van der Waals surface area contributed by atoms with E-state index >= 15 is 0 Å². The number of aliphatic carboxylic acids is 1. The molecule has 2 aromatic heterocycles. The molecule has 1 fully saturated rings. The van der Waals surface area contributed by atoms with Crippen LogP contribution in [0.1, 0.15) is 12.0 Å². The van der Waals surface area contributed by atoms with Crippen LogP contribution in [0, 0.1) is 0 Å². The van der Waals surface area contributed by atoms with E-state index in [4.69, 9.17) is 21.4 Å². The number of halogens is 1. The van der Waals surface area contributed by atoms with Crippen molar-refractivity contribution in [3.8, 4) is 10.4 Å². The smallest absolute Gasteiger partial charge is 0.303 e. The molecule has 35 heavy (non-hydrogen) atoms. The van der Waals surface area contributed by atoms with E-state index in [9.17, 15) is 13.2 Å². The summed E-state index contributed by atoms with van der Waals surface area (Å²) in [6.45, 7) is 3.13. The van der Waals surface area contributed by atoms with Gasteiger partial charge < -0.3 is 14.7 Å². The van der Waals surface area contributed by atoms with Crippen LogP contribution in [0.4, 0.5) is 5.69 Å². The summed E-state index contributed by atoms with van der Waals surface area (Å²) in [7, 11) is -3.89. The number of fused-ring (bicyclic) bond motifs is 1. The minimum absolute atomic E-state index is 0.102. The molecule has 0 bridgehead atoms. The van der Waals surface area contributed by atoms with Gasteiger partial charge in [0.1, 0.15) is 4.21 Å². The molecule has 0 unspecified atom stereocenters. The largest absolute Gasteiger partial charge is 0.481 e. The molecule has 1 aliphatic rings. The number of aromatic nitrogens is 1. The molecule has 1 aliphatic heterocycles. The fourth-order valence-corrected chi connectivity index (χ4v) is 7.21. The quantitative estimate of drug-likeness (QED) is 0.357. The molecular formula is C25H23ClN2O5S2. The SMILES string of the molecule is O=C(O)CCc1cn(S(=O)(=O)c2ccc(-c3ccc(N4CCOCC4)cc3)s2)c2ccc(Cl)cc12. The lowest BCUT2D eigenvalue weighted by atomic mass is 10.1. The third kappa shape index (κ3) is 4.81. The van der Waals surface area contributed by atoms with E-state index in [-0.39, 0.29) is 17.1 Å². The zero-order chi connectivity index (χ0) is 24.6. The second kappa shape index (κ2) is 9.66. The van der Waals surface area contributed by atoms with Crippen molar-refractivity contribution in [3.05, 3.63) is 71.4 Å². The molecule has 5 rings (SSSR count). The third-order valence-corrected chi connectivity index (χ3v) is 9.56. The van der Waals surface area contributed by atoms with Crippen molar-refractivity contribution in [1.29, 1.82) is 0 Å². The van der Waals surface area contributed by atoms with Gasteiger partial charge in [-0.05, 0) is 60.0 Å². The molecule has 7 nitrogen and oxygen atoms in total. The fraction of sp³-hybridized carbons (Fsp3) is 0.240. The zero-order valence-electron chi connectivity index (χ0n) is 18.7. The Hall–Kier alpha value is -2.85. The maximum absolute atomic E-state index is 13.6. The van der Waals surface area contributed by atoms with Gasteiger partial charge in [-0.3, -0.25) is 4.79 Å². The summed E-state index contributed by atoms with van der Waals surface area (Å²) in [5.74, 6) is -0.946. The van der Waals surface area contributed by atoms with Crippen LogP contribution >= 0.6 is 22.9 Å². The highest BCUT2D eigenvalue weighted by molar-refractivity contribution is 7.92. The van der Waals surface area contributed by atoms with E-state index in [0.717, 1.165) is 29.2 Å². The topological polar surface area (TPSA) is 88.8 Å². The molecule has 3 heterocycles. The standard InChI is InChI=1S/C25H23ClN2O5S2/c26-19-4-7-22-21(15-19)18(3-9-24(29)30)16-28(22)35(31,32)25-10-8-23(34-25)17-1-5-20(6-2-17)27-11-13-33-14-12-27/h1-2,4-8,10,15-16H,3,9,11-14H2,(H,29,30). The number of carbonyl (C=O) groups is 1. The Balaban J connectivity index is 1.46. The Morgan fingerprint density at radius 2 is 1.80 bits per heavy atom. The van der Waals surface area contributed by atoms with Gasteiger partial charge in [-0.15, -0.1) is 11.3 Å². The number of ether oxygens (including phenoxy) is 1. The Labute approximate surface area is 212 Å². The third-order valence-electron chi connectivity index (χ3n) is 6.05. The normalized spacial score (nSPS) is 14.5. The summed E-state index contributed by atoms with van der Waals surface area (Å²) in [5, 5.41) is 10.2. The van der Waals surface area contributed by atoms with Crippen molar-refractivity contribution < 1.29 is 23.1 Å². The van der Waals surface area contributed by atoms with Crippen LogP contribution < -0.4 is 4.90 Å². The molecule has 0 saturated carbocycles. The molecule has 0 amide bonds. The molecule has 182 valence electrons. The van der Waals surface area contributed by atoms with Gasteiger partial charge in [0, 0.05) is 46.7 Å². The van der Waals surface area contributed by atoms with Gasteiger partial charge in [-0.1, -0.05) is 23.7 Å². The average Bonchev–Trinajstić information content (AvgIpc) is 3.50. The number of nitrogens with zero attached hydrogens (tertiary/aromatic N) is 2. The van der Waals surface area contributed by atoms with Crippen molar-refractivity contribution in [2.24, 2.45) is 0 Å².